The molecule has 1 saturated heterocycles. The molecule has 0 bridgehead atoms. The van der Waals surface area contributed by atoms with E-state index < -0.39 is 61.3 Å². The molecule has 4 N–H and O–H groups in total. The van der Waals surface area contributed by atoms with E-state index in [0.717, 1.165) is 57.8 Å². The summed E-state index contributed by atoms with van der Waals surface area (Å²) >= 11 is 0. The van der Waals surface area contributed by atoms with Crippen molar-refractivity contribution in [1.29, 1.82) is 0 Å². The first-order valence-corrected chi connectivity index (χ1v) is 20.0. The molecule has 0 amide bonds. The van der Waals surface area contributed by atoms with Crippen molar-refractivity contribution in [3.8, 4) is 0 Å². The first kappa shape index (κ1) is 48.7. The van der Waals surface area contributed by atoms with Crippen molar-refractivity contribution in [3.05, 3.63) is 72.9 Å². The van der Waals surface area contributed by atoms with Gasteiger partial charge in [-0.15, -0.1) is 0 Å². The quantitative estimate of drug-likeness (QED) is 0.0310. The van der Waals surface area contributed by atoms with Gasteiger partial charge in [-0.05, 0) is 51.4 Å². The van der Waals surface area contributed by atoms with Gasteiger partial charge < -0.3 is 39.4 Å². The molecule has 54 heavy (non-hydrogen) atoms. The Morgan fingerprint density at radius 2 is 1.09 bits per heavy atom. The second kappa shape index (κ2) is 33.0. The highest BCUT2D eigenvalue weighted by Gasteiger charge is 2.47. The average molecular weight is 761 g/mol. The fourth-order valence-electron chi connectivity index (χ4n) is 5.43. The SMILES string of the molecule is CC/C=C\C/C=C\C/C=C\C/C=C\C/C=C\C/C=C\CCC(=O)OCC(COC1OC(C(=O)O)C(O)C(O)C1O)OC(=O)CCCCCCCCCCC. The number of hydrogen-bond acceptors (Lipinski definition) is 10. The zero-order valence-electron chi connectivity index (χ0n) is 32.7. The fourth-order valence-corrected chi connectivity index (χ4v) is 5.43. The fraction of sp³-hybridized carbons (Fsp3) is 0.651. The Morgan fingerprint density at radius 3 is 1.61 bits per heavy atom. The van der Waals surface area contributed by atoms with Gasteiger partial charge in [-0.3, -0.25) is 9.59 Å². The standard InChI is InChI=1S/C43H68O11/c1-3-5-7-9-11-13-14-15-16-17-18-19-20-21-22-24-25-27-29-31-36(44)51-33-35(53-37(45)32-30-28-26-23-12-10-8-6-4-2)34-52-43-40(48)38(46)39(47)41(54-43)42(49)50/h5,7,11,13,15-16,18-19,21-22,25,27,35,38-41,43,46-48H,3-4,6,8-10,12,14,17,20,23-24,26,28-34H2,1-2H3,(H,49,50)/b7-5-,13-11-,16-15-,19-18-,22-21-,27-25-. The minimum atomic E-state index is -1.87. The minimum absolute atomic E-state index is 0.108. The van der Waals surface area contributed by atoms with Gasteiger partial charge in [-0.1, -0.05) is 138 Å². The molecule has 0 aromatic heterocycles. The highest BCUT2D eigenvalue weighted by Crippen LogP contribution is 2.23. The second-order valence-corrected chi connectivity index (χ2v) is 13.4. The van der Waals surface area contributed by atoms with Crippen LogP contribution in [-0.2, 0) is 33.3 Å². The predicted octanol–water partition coefficient (Wildman–Crippen LogP) is 7.75. The van der Waals surface area contributed by atoms with Crippen LogP contribution in [-0.4, -0.2) is 88.4 Å². The molecular formula is C43H68O11. The van der Waals surface area contributed by atoms with E-state index in [2.05, 4.69) is 74.6 Å². The summed E-state index contributed by atoms with van der Waals surface area (Å²) in [4.78, 5) is 36.6. The Bertz CT molecular complexity index is 1170. The Morgan fingerprint density at radius 1 is 0.593 bits per heavy atom. The Hall–Kier alpha value is -3.35. The zero-order valence-corrected chi connectivity index (χ0v) is 32.7. The van der Waals surface area contributed by atoms with Gasteiger partial charge in [-0.25, -0.2) is 4.79 Å². The lowest BCUT2D eigenvalue weighted by Gasteiger charge is -2.38. The van der Waals surface area contributed by atoms with E-state index in [1.165, 1.54) is 32.1 Å². The molecular weight excluding hydrogens is 692 g/mol. The maximum atomic E-state index is 12.6. The monoisotopic (exact) mass is 760 g/mol. The molecule has 1 aliphatic rings. The first-order chi connectivity index (χ1) is 26.2. The lowest BCUT2D eigenvalue weighted by atomic mass is 9.99. The summed E-state index contributed by atoms with van der Waals surface area (Å²) in [6.07, 6.45) is 31.3. The Labute approximate surface area is 323 Å². The lowest BCUT2D eigenvalue weighted by Crippen LogP contribution is -2.60. The molecule has 6 atom stereocenters. The van der Waals surface area contributed by atoms with Crippen LogP contribution in [0.2, 0.25) is 0 Å². The van der Waals surface area contributed by atoms with Gasteiger partial charge in [0, 0.05) is 12.8 Å². The van der Waals surface area contributed by atoms with Crippen LogP contribution in [0.5, 0.6) is 0 Å². The third-order valence-corrected chi connectivity index (χ3v) is 8.58. The van der Waals surface area contributed by atoms with Crippen molar-refractivity contribution in [2.75, 3.05) is 13.2 Å². The van der Waals surface area contributed by atoms with Crippen LogP contribution >= 0.6 is 0 Å². The summed E-state index contributed by atoms with van der Waals surface area (Å²) in [5, 5.41) is 39.6. The molecule has 1 heterocycles. The van der Waals surface area contributed by atoms with Crippen LogP contribution in [0.4, 0.5) is 0 Å². The number of unbranched alkanes of at least 4 members (excludes halogenated alkanes) is 8. The number of carboxylic acid groups (broad SMARTS) is 1. The van der Waals surface area contributed by atoms with Crippen LogP contribution in [0.15, 0.2) is 72.9 Å². The van der Waals surface area contributed by atoms with Crippen molar-refractivity contribution in [1.82, 2.24) is 0 Å². The zero-order chi connectivity index (χ0) is 39.7. The van der Waals surface area contributed by atoms with E-state index >= 15 is 0 Å². The molecule has 0 aromatic carbocycles. The summed E-state index contributed by atoms with van der Waals surface area (Å²) in [6.45, 7) is 3.57. The van der Waals surface area contributed by atoms with Gasteiger partial charge in [0.15, 0.2) is 18.5 Å². The van der Waals surface area contributed by atoms with Crippen molar-refractivity contribution >= 4 is 17.9 Å². The van der Waals surface area contributed by atoms with Crippen molar-refractivity contribution in [2.24, 2.45) is 0 Å². The molecule has 11 nitrogen and oxygen atoms in total. The topological polar surface area (TPSA) is 169 Å². The van der Waals surface area contributed by atoms with Gasteiger partial charge in [0.2, 0.25) is 0 Å². The van der Waals surface area contributed by atoms with Gasteiger partial charge in [0.25, 0.3) is 0 Å². The molecule has 0 aromatic rings. The number of carboxylic acids is 1. The molecule has 1 rings (SSSR count). The first-order valence-electron chi connectivity index (χ1n) is 20.0. The number of aliphatic carboxylic acids is 1. The third kappa shape index (κ3) is 24.9. The second-order valence-electron chi connectivity index (χ2n) is 13.4. The lowest BCUT2D eigenvalue weighted by molar-refractivity contribution is -0.298. The number of carbonyl (C=O) groups excluding carboxylic acids is 2. The van der Waals surface area contributed by atoms with Crippen LogP contribution in [0, 0.1) is 0 Å². The third-order valence-electron chi connectivity index (χ3n) is 8.58. The van der Waals surface area contributed by atoms with E-state index in [0.29, 0.717) is 12.8 Å². The summed E-state index contributed by atoms with van der Waals surface area (Å²) < 4.78 is 21.5. The molecule has 0 spiro atoms. The van der Waals surface area contributed by atoms with Crippen molar-refractivity contribution < 1.29 is 53.8 Å². The predicted molar refractivity (Wildman–Crippen MR) is 210 cm³/mol. The average Bonchev–Trinajstić information content (AvgIpc) is 3.15. The van der Waals surface area contributed by atoms with Crippen LogP contribution in [0.1, 0.15) is 129 Å². The molecule has 1 aliphatic heterocycles. The smallest absolute Gasteiger partial charge is 0.335 e. The molecule has 1 fully saturated rings. The van der Waals surface area contributed by atoms with E-state index in [4.69, 9.17) is 18.9 Å². The molecule has 6 unspecified atom stereocenters. The maximum Gasteiger partial charge on any atom is 0.335 e. The number of carbonyl (C=O) groups is 3. The van der Waals surface area contributed by atoms with Gasteiger partial charge >= 0.3 is 17.9 Å². The normalized spacial score (nSPS) is 21.4. The number of aliphatic hydroxyl groups is 3. The number of rotatable bonds is 31. The van der Waals surface area contributed by atoms with Crippen molar-refractivity contribution in [3.63, 3.8) is 0 Å². The van der Waals surface area contributed by atoms with Gasteiger partial charge in [0.05, 0.1) is 6.61 Å². The summed E-state index contributed by atoms with van der Waals surface area (Å²) in [7, 11) is 0. The maximum absolute atomic E-state index is 12.6. The highest BCUT2D eigenvalue weighted by atomic mass is 16.7. The number of hydrogen-bond donors (Lipinski definition) is 4. The van der Waals surface area contributed by atoms with Crippen molar-refractivity contribution in [2.45, 2.75) is 166 Å². The molecule has 306 valence electrons. The molecule has 11 heteroatoms. The van der Waals surface area contributed by atoms with Gasteiger partial charge in [0.1, 0.15) is 24.9 Å². The highest BCUT2D eigenvalue weighted by molar-refractivity contribution is 5.73. The van der Waals surface area contributed by atoms with Gasteiger partial charge in [-0.2, -0.15) is 0 Å². The Balaban J connectivity index is 2.46. The van der Waals surface area contributed by atoms with E-state index in [9.17, 15) is 34.8 Å². The minimum Gasteiger partial charge on any atom is -0.479 e. The summed E-state index contributed by atoms with van der Waals surface area (Å²) in [5.41, 5.74) is 0. The Kier molecular flexibility index (Phi) is 29.8. The molecule has 0 aliphatic carbocycles. The van der Waals surface area contributed by atoms with E-state index in [1.807, 2.05) is 12.2 Å². The summed E-state index contributed by atoms with van der Waals surface area (Å²) in [6, 6.07) is 0. The number of ether oxygens (including phenoxy) is 4. The number of allylic oxidation sites excluding steroid dienone is 12. The van der Waals surface area contributed by atoms with Crippen LogP contribution < -0.4 is 0 Å². The molecule has 0 radical (unpaired) electrons. The number of esters is 2. The van der Waals surface area contributed by atoms with E-state index in [1.54, 1.807) is 0 Å². The largest absolute Gasteiger partial charge is 0.479 e. The van der Waals surface area contributed by atoms with Crippen LogP contribution in [0.25, 0.3) is 0 Å². The number of aliphatic hydroxyl groups excluding tert-OH is 3. The van der Waals surface area contributed by atoms with Crippen LogP contribution in [0.3, 0.4) is 0 Å². The van der Waals surface area contributed by atoms with E-state index in [-0.39, 0.29) is 19.4 Å². The summed E-state index contributed by atoms with van der Waals surface area (Å²) in [5.74, 6) is -2.57. The molecule has 0 saturated carbocycles.